The quantitative estimate of drug-likeness (QED) is 0.684. The molecule has 126 valence electrons. The summed E-state index contributed by atoms with van der Waals surface area (Å²) in [4.78, 5) is 17.2. The molecule has 2 aromatic carbocycles. The summed E-state index contributed by atoms with van der Waals surface area (Å²) >= 11 is 1.47. The number of pyridine rings is 1. The van der Waals surface area contributed by atoms with Crippen molar-refractivity contribution in [1.82, 2.24) is 10.3 Å². The number of carbonyl (C=O) groups excluding carboxylic acids is 1. The zero-order valence-electron chi connectivity index (χ0n) is 14.3. The lowest BCUT2D eigenvalue weighted by atomic mass is 9.97. The third kappa shape index (κ3) is 4.09. The van der Waals surface area contributed by atoms with Crippen molar-refractivity contribution in [2.45, 2.75) is 18.0 Å². The maximum absolute atomic E-state index is 12.9. The topological polar surface area (TPSA) is 42.0 Å². The molecule has 1 atom stereocenters. The molecule has 3 nitrogen and oxygen atoms in total. The van der Waals surface area contributed by atoms with Crippen molar-refractivity contribution in [3.05, 3.63) is 95.2 Å². The van der Waals surface area contributed by atoms with Crippen molar-refractivity contribution in [3.63, 3.8) is 0 Å². The van der Waals surface area contributed by atoms with Crippen LogP contribution in [0.3, 0.4) is 0 Å². The molecule has 4 heteroatoms. The number of hydrogen-bond acceptors (Lipinski definition) is 3. The van der Waals surface area contributed by atoms with Crippen LogP contribution in [0.1, 0.15) is 33.1 Å². The Kier molecular flexibility index (Phi) is 5.51. The lowest BCUT2D eigenvalue weighted by molar-refractivity contribution is 0.0939. The molecule has 0 aliphatic carbocycles. The van der Waals surface area contributed by atoms with E-state index in [1.54, 1.807) is 12.3 Å². The second kappa shape index (κ2) is 7.99. The molecule has 1 N–H and O–H groups in total. The minimum absolute atomic E-state index is 0.119. The number of rotatable bonds is 5. The van der Waals surface area contributed by atoms with Crippen LogP contribution in [0.25, 0.3) is 0 Å². The van der Waals surface area contributed by atoms with Crippen LogP contribution in [0.5, 0.6) is 0 Å². The van der Waals surface area contributed by atoms with Gasteiger partial charge < -0.3 is 5.32 Å². The number of aromatic nitrogens is 1. The van der Waals surface area contributed by atoms with Crippen molar-refractivity contribution in [2.75, 3.05) is 6.26 Å². The molecule has 0 unspecified atom stereocenters. The molecule has 0 saturated carbocycles. The van der Waals surface area contributed by atoms with E-state index in [-0.39, 0.29) is 11.9 Å². The van der Waals surface area contributed by atoms with Gasteiger partial charge in [-0.05, 0) is 36.4 Å². The maximum Gasteiger partial charge on any atom is 0.254 e. The molecule has 1 aromatic heterocycles. The molecule has 1 amide bonds. The summed E-state index contributed by atoms with van der Waals surface area (Å²) in [5.41, 5.74) is 3.90. The highest BCUT2D eigenvalue weighted by Crippen LogP contribution is 2.24. The zero-order valence-corrected chi connectivity index (χ0v) is 15.1. The monoisotopic (exact) mass is 348 g/mol. The third-order valence-corrected chi connectivity index (χ3v) is 4.74. The Labute approximate surface area is 152 Å². The van der Waals surface area contributed by atoms with Crippen LogP contribution in [0.15, 0.2) is 78.0 Å². The Bertz CT molecular complexity index is 847. The second-order valence-electron chi connectivity index (χ2n) is 5.79. The van der Waals surface area contributed by atoms with Gasteiger partial charge in [0.2, 0.25) is 0 Å². The van der Waals surface area contributed by atoms with E-state index < -0.39 is 0 Å². The molecule has 0 radical (unpaired) electrons. The standard InChI is InChI=1S/C21H20N2OS/c1-15-10-12-17(13-11-15)19(16-7-4-3-5-8-16)23-20(24)18-9-6-14-22-21(18)25-2/h3-14,19H,1-2H3,(H,23,24)/t19-/m0/s1. The summed E-state index contributed by atoms with van der Waals surface area (Å²) in [6.07, 6.45) is 3.63. The molecular formula is C21H20N2OS. The number of carbonyl (C=O) groups is 1. The summed E-state index contributed by atoms with van der Waals surface area (Å²) in [6.45, 7) is 2.06. The fourth-order valence-corrected chi connectivity index (χ4v) is 3.25. The first-order chi connectivity index (χ1) is 12.2. The van der Waals surface area contributed by atoms with E-state index in [4.69, 9.17) is 0 Å². The van der Waals surface area contributed by atoms with Crippen molar-refractivity contribution < 1.29 is 4.79 Å². The van der Waals surface area contributed by atoms with Crippen molar-refractivity contribution in [1.29, 1.82) is 0 Å². The van der Waals surface area contributed by atoms with E-state index in [9.17, 15) is 4.79 Å². The molecule has 3 rings (SSSR count). The van der Waals surface area contributed by atoms with E-state index >= 15 is 0 Å². The van der Waals surface area contributed by atoms with E-state index in [1.165, 1.54) is 17.3 Å². The zero-order chi connectivity index (χ0) is 17.6. The van der Waals surface area contributed by atoms with E-state index in [0.717, 1.165) is 16.2 Å². The van der Waals surface area contributed by atoms with Gasteiger partial charge in [-0.15, -0.1) is 11.8 Å². The first-order valence-corrected chi connectivity index (χ1v) is 9.33. The first-order valence-electron chi connectivity index (χ1n) is 8.10. The summed E-state index contributed by atoms with van der Waals surface area (Å²) in [6, 6.07) is 21.7. The Balaban J connectivity index is 1.95. The van der Waals surface area contributed by atoms with Gasteiger partial charge in [-0.2, -0.15) is 0 Å². The molecule has 0 aliphatic heterocycles. The lowest BCUT2D eigenvalue weighted by Crippen LogP contribution is -2.29. The third-order valence-electron chi connectivity index (χ3n) is 4.03. The second-order valence-corrected chi connectivity index (χ2v) is 6.58. The fourth-order valence-electron chi connectivity index (χ4n) is 2.70. The molecule has 0 spiro atoms. The Hall–Kier alpha value is -2.59. The summed E-state index contributed by atoms with van der Waals surface area (Å²) < 4.78 is 0. The van der Waals surface area contributed by atoms with Gasteiger partial charge in [0.1, 0.15) is 5.03 Å². The first kappa shape index (κ1) is 17.2. The van der Waals surface area contributed by atoms with Crippen LogP contribution >= 0.6 is 11.8 Å². The normalized spacial score (nSPS) is 11.8. The van der Waals surface area contributed by atoms with Crippen molar-refractivity contribution >= 4 is 17.7 Å². The minimum Gasteiger partial charge on any atom is -0.341 e. The van der Waals surface area contributed by atoms with Gasteiger partial charge in [0.25, 0.3) is 5.91 Å². The van der Waals surface area contributed by atoms with Crippen LogP contribution < -0.4 is 5.32 Å². The molecular weight excluding hydrogens is 328 g/mol. The highest BCUT2D eigenvalue weighted by atomic mass is 32.2. The van der Waals surface area contributed by atoms with Crippen LogP contribution in [0, 0.1) is 6.92 Å². The predicted molar refractivity (Wildman–Crippen MR) is 103 cm³/mol. The molecule has 3 aromatic rings. The highest BCUT2D eigenvalue weighted by Gasteiger charge is 2.19. The Morgan fingerprint density at radius 2 is 1.64 bits per heavy atom. The van der Waals surface area contributed by atoms with Crippen LogP contribution in [0.4, 0.5) is 0 Å². The van der Waals surface area contributed by atoms with Gasteiger partial charge in [0.05, 0.1) is 11.6 Å². The largest absolute Gasteiger partial charge is 0.341 e. The number of nitrogens with one attached hydrogen (secondary N) is 1. The highest BCUT2D eigenvalue weighted by molar-refractivity contribution is 7.98. The lowest BCUT2D eigenvalue weighted by Gasteiger charge is -2.20. The summed E-state index contributed by atoms with van der Waals surface area (Å²) in [5.74, 6) is -0.119. The summed E-state index contributed by atoms with van der Waals surface area (Å²) in [5, 5.41) is 3.90. The molecule has 0 saturated heterocycles. The Morgan fingerprint density at radius 3 is 2.32 bits per heavy atom. The van der Waals surface area contributed by atoms with Gasteiger partial charge in [0, 0.05) is 6.20 Å². The number of thioether (sulfide) groups is 1. The number of aryl methyl sites for hydroxylation is 1. The van der Waals surface area contributed by atoms with Gasteiger partial charge in [0.15, 0.2) is 0 Å². The average molecular weight is 348 g/mol. The number of nitrogens with zero attached hydrogens (tertiary/aromatic N) is 1. The van der Waals surface area contributed by atoms with E-state index in [2.05, 4.69) is 41.5 Å². The van der Waals surface area contributed by atoms with E-state index in [1.807, 2.05) is 42.7 Å². The minimum atomic E-state index is -0.204. The van der Waals surface area contributed by atoms with Gasteiger partial charge in [-0.3, -0.25) is 4.79 Å². The number of amides is 1. The number of hydrogen-bond donors (Lipinski definition) is 1. The van der Waals surface area contributed by atoms with Crippen LogP contribution in [-0.4, -0.2) is 17.1 Å². The molecule has 1 heterocycles. The number of benzene rings is 2. The molecule has 25 heavy (non-hydrogen) atoms. The van der Waals surface area contributed by atoms with Crippen molar-refractivity contribution in [2.24, 2.45) is 0 Å². The molecule has 0 bridgehead atoms. The van der Waals surface area contributed by atoms with Crippen LogP contribution in [0.2, 0.25) is 0 Å². The molecule has 0 fully saturated rings. The van der Waals surface area contributed by atoms with E-state index in [0.29, 0.717) is 5.56 Å². The fraction of sp³-hybridized carbons (Fsp3) is 0.143. The van der Waals surface area contributed by atoms with Crippen LogP contribution in [-0.2, 0) is 0 Å². The maximum atomic E-state index is 12.9. The SMILES string of the molecule is CSc1ncccc1C(=O)N[C@@H](c1ccccc1)c1ccc(C)cc1. The smallest absolute Gasteiger partial charge is 0.254 e. The van der Waals surface area contributed by atoms with Crippen molar-refractivity contribution in [3.8, 4) is 0 Å². The average Bonchev–Trinajstić information content (AvgIpc) is 2.67. The Morgan fingerprint density at radius 1 is 0.960 bits per heavy atom. The van der Waals surface area contributed by atoms with Gasteiger partial charge in [-0.1, -0.05) is 60.2 Å². The van der Waals surface area contributed by atoms with Gasteiger partial charge >= 0.3 is 0 Å². The van der Waals surface area contributed by atoms with Gasteiger partial charge in [-0.25, -0.2) is 4.98 Å². The summed E-state index contributed by atoms with van der Waals surface area (Å²) in [7, 11) is 0. The predicted octanol–water partition coefficient (Wildman–Crippen LogP) is 4.63. The molecule has 0 aliphatic rings.